The molecule has 0 radical (unpaired) electrons. The van der Waals surface area contributed by atoms with E-state index in [2.05, 4.69) is 24.0 Å². The van der Waals surface area contributed by atoms with Crippen LogP contribution in [0.25, 0.3) is 0 Å². The molecule has 0 aromatic heterocycles. The van der Waals surface area contributed by atoms with Gasteiger partial charge in [-0.2, -0.15) is 5.26 Å². The molecule has 1 fully saturated rings. The first kappa shape index (κ1) is 13.4. The van der Waals surface area contributed by atoms with E-state index < -0.39 is 0 Å². The van der Waals surface area contributed by atoms with Gasteiger partial charge < -0.3 is 9.80 Å². The van der Waals surface area contributed by atoms with Crippen LogP contribution in [0, 0.1) is 25.2 Å². The van der Waals surface area contributed by atoms with Gasteiger partial charge in [0.1, 0.15) is 6.07 Å². The van der Waals surface area contributed by atoms with Crippen LogP contribution in [-0.2, 0) is 4.79 Å². The summed E-state index contributed by atoms with van der Waals surface area (Å²) >= 11 is 0. The number of benzene rings is 1. The minimum absolute atomic E-state index is 0.125. The third-order valence-electron chi connectivity index (χ3n) is 3.80. The first-order chi connectivity index (χ1) is 9.02. The Balaban J connectivity index is 2.22. The fourth-order valence-electron chi connectivity index (χ4n) is 2.41. The van der Waals surface area contributed by atoms with E-state index in [4.69, 9.17) is 0 Å². The molecule has 0 N–H and O–H groups in total. The van der Waals surface area contributed by atoms with Crippen LogP contribution >= 0.6 is 0 Å². The van der Waals surface area contributed by atoms with Crippen molar-refractivity contribution >= 4 is 11.6 Å². The third-order valence-corrected chi connectivity index (χ3v) is 3.80. The van der Waals surface area contributed by atoms with Crippen molar-refractivity contribution in [3.63, 3.8) is 0 Å². The summed E-state index contributed by atoms with van der Waals surface area (Å²) in [6, 6.07) is 6.30. The number of hydrogen-bond acceptors (Lipinski definition) is 3. The third kappa shape index (κ3) is 2.70. The normalized spacial score (nSPS) is 15.3. The lowest BCUT2D eigenvalue weighted by Gasteiger charge is -2.36. The largest absolute Gasteiger partial charge is 0.367 e. The summed E-state index contributed by atoms with van der Waals surface area (Å²) in [7, 11) is 0. The van der Waals surface area contributed by atoms with E-state index in [1.807, 2.05) is 17.9 Å². The summed E-state index contributed by atoms with van der Waals surface area (Å²) in [6.07, 6.45) is 0. The van der Waals surface area contributed by atoms with Crippen molar-refractivity contribution in [2.75, 3.05) is 31.1 Å². The number of rotatable bonds is 1. The lowest BCUT2D eigenvalue weighted by molar-refractivity contribution is -0.129. The van der Waals surface area contributed by atoms with Crippen molar-refractivity contribution in [2.45, 2.75) is 20.8 Å². The van der Waals surface area contributed by atoms with Crippen LogP contribution in [0.2, 0.25) is 0 Å². The second-order valence-corrected chi connectivity index (χ2v) is 5.06. The molecule has 1 aromatic carbocycles. The van der Waals surface area contributed by atoms with Gasteiger partial charge in [0, 0.05) is 33.1 Å². The number of amides is 1. The maximum absolute atomic E-state index is 11.3. The SMILES string of the molecule is CC(=O)N1CCN(c2cc(C)c(C)cc2C#N)CC1. The maximum atomic E-state index is 11.3. The molecule has 0 saturated carbocycles. The molecule has 4 heteroatoms. The molecule has 1 saturated heterocycles. The predicted molar refractivity (Wildman–Crippen MR) is 75.1 cm³/mol. The molecule has 1 aliphatic heterocycles. The van der Waals surface area contributed by atoms with Gasteiger partial charge in [0.25, 0.3) is 0 Å². The Morgan fingerprint density at radius 1 is 1.16 bits per heavy atom. The minimum atomic E-state index is 0.125. The Morgan fingerprint density at radius 3 is 2.26 bits per heavy atom. The number of anilines is 1. The van der Waals surface area contributed by atoms with Crippen LogP contribution in [0.15, 0.2) is 12.1 Å². The van der Waals surface area contributed by atoms with E-state index in [0.717, 1.165) is 43.0 Å². The predicted octanol–water partition coefficient (Wildman–Crippen LogP) is 1.84. The average Bonchev–Trinajstić information content (AvgIpc) is 2.41. The molecule has 100 valence electrons. The van der Waals surface area contributed by atoms with Gasteiger partial charge in [-0.1, -0.05) is 0 Å². The van der Waals surface area contributed by atoms with Gasteiger partial charge in [-0.05, 0) is 37.1 Å². The van der Waals surface area contributed by atoms with Crippen molar-refractivity contribution in [3.8, 4) is 6.07 Å². The zero-order valence-electron chi connectivity index (χ0n) is 11.7. The maximum Gasteiger partial charge on any atom is 0.219 e. The summed E-state index contributed by atoms with van der Waals surface area (Å²) in [5.41, 5.74) is 4.05. The van der Waals surface area contributed by atoms with E-state index in [0.29, 0.717) is 0 Å². The van der Waals surface area contributed by atoms with Crippen molar-refractivity contribution in [3.05, 3.63) is 28.8 Å². The summed E-state index contributed by atoms with van der Waals surface area (Å²) in [6.45, 7) is 8.72. The molecule has 0 aliphatic carbocycles. The Hall–Kier alpha value is -2.02. The summed E-state index contributed by atoms with van der Waals surface area (Å²) in [5.74, 6) is 0.125. The second kappa shape index (κ2) is 5.31. The quantitative estimate of drug-likeness (QED) is 0.771. The number of carbonyl (C=O) groups is 1. The smallest absolute Gasteiger partial charge is 0.219 e. The fourth-order valence-corrected chi connectivity index (χ4v) is 2.41. The van der Waals surface area contributed by atoms with E-state index in [9.17, 15) is 10.1 Å². The van der Waals surface area contributed by atoms with Crippen LogP contribution in [0.3, 0.4) is 0 Å². The number of piperazine rings is 1. The average molecular weight is 257 g/mol. The van der Waals surface area contributed by atoms with Crippen molar-refractivity contribution < 1.29 is 4.79 Å². The number of carbonyl (C=O) groups excluding carboxylic acids is 1. The first-order valence-corrected chi connectivity index (χ1v) is 6.54. The Kier molecular flexibility index (Phi) is 3.75. The Labute approximate surface area is 114 Å². The first-order valence-electron chi connectivity index (χ1n) is 6.54. The lowest BCUT2D eigenvalue weighted by atomic mass is 10.0. The second-order valence-electron chi connectivity index (χ2n) is 5.06. The van der Waals surface area contributed by atoms with Crippen LogP contribution in [0.5, 0.6) is 0 Å². The highest BCUT2D eigenvalue weighted by Crippen LogP contribution is 2.25. The molecule has 0 spiro atoms. The van der Waals surface area contributed by atoms with E-state index in [1.54, 1.807) is 6.92 Å². The number of nitrogens with zero attached hydrogens (tertiary/aromatic N) is 3. The molecular formula is C15H19N3O. The van der Waals surface area contributed by atoms with Gasteiger partial charge in [0.05, 0.1) is 11.3 Å². The van der Waals surface area contributed by atoms with E-state index in [1.165, 1.54) is 5.56 Å². The highest BCUT2D eigenvalue weighted by Gasteiger charge is 2.21. The van der Waals surface area contributed by atoms with Gasteiger partial charge >= 0.3 is 0 Å². The lowest BCUT2D eigenvalue weighted by Crippen LogP contribution is -2.48. The van der Waals surface area contributed by atoms with Gasteiger partial charge in [-0.15, -0.1) is 0 Å². The molecule has 0 atom stereocenters. The zero-order valence-corrected chi connectivity index (χ0v) is 11.7. The summed E-state index contributed by atoms with van der Waals surface area (Å²) in [5, 5.41) is 9.26. The van der Waals surface area contributed by atoms with Gasteiger partial charge in [0.15, 0.2) is 0 Å². The zero-order chi connectivity index (χ0) is 14.0. The van der Waals surface area contributed by atoms with E-state index >= 15 is 0 Å². The van der Waals surface area contributed by atoms with Gasteiger partial charge in [0.2, 0.25) is 5.91 Å². The van der Waals surface area contributed by atoms with E-state index in [-0.39, 0.29) is 5.91 Å². The summed E-state index contributed by atoms with van der Waals surface area (Å²) in [4.78, 5) is 15.4. The number of hydrogen-bond donors (Lipinski definition) is 0. The molecule has 1 amide bonds. The molecule has 0 unspecified atom stereocenters. The van der Waals surface area contributed by atoms with Crippen LogP contribution in [0.4, 0.5) is 5.69 Å². The monoisotopic (exact) mass is 257 g/mol. The molecule has 1 aromatic rings. The van der Waals surface area contributed by atoms with Gasteiger partial charge in [-0.25, -0.2) is 0 Å². The molecule has 2 rings (SSSR count). The fraction of sp³-hybridized carbons (Fsp3) is 0.467. The standard InChI is InChI=1S/C15H19N3O/c1-11-8-14(10-16)15(9-12(11)2)18-6-4-17(5-7-18)13(3)19/h8-9H,4-7H2,1-3H3. The molecule has 0 bridgehead atoms. The topological polar surface area (TPSA) is 47.3 Å². The molecule has 1 aliphatic rings. The van der Waals surface area contributed by atoms with Crippen molar-refractivity contribution in [2.24, 2.45) is 0 Å². The Bertz CT molecular complexity index is 537. The Morgan fingerprint density at radius 2 is 1.74 bits per heavy atom. The molecule has 1 heterocycles. The molecular weight excluding hydrogens is 238 g/mol. The highest BCUT2D eigenvalue weighted by atomic mass is 16.2. The molecule has 19 heavy (non-hydrogen) atoms. The molecule has 4 nitrogen and oxygen atoms in total. The summed E-state index contributed by atoms with van der Waals surface area (Å²) < 4.78 is 0. The van der Waals surface area contributed by atoms with Crippen LogP contribution in [-0.4, -0.2) is 37.0 Å². The van der Waals surface area contributed by atoms with Crippen molar-refractivity contribution in [1.82, 2.24) is 4.90 Å². The number of nitriles is 1. The minimum Gasteiger partial charge on any atom is -0.367 e. The highest BCUT2D eigenvalue weighted by molar-refractivity contribution is 5.73. The van der Waals surface area contributed by atoms with Crippen LogP contribution in [0.1, 0.15) is 23.6 Å². The van der Waals surface area contributed by atoms with Gasteiger partial charge in [-0.3, -0.25) is 4.79 Å². The van der Waals surface area contributed by atoms with Crippen molar-refractivity contribution in [1.29, 1.82) is 5.26 Å². The number of aryl methyl sites for hydroxylation is 2. The van der Waals surface area contributed by atoms with Crippen LogP contribution < -0.4 is 4.90 Å².